The summed E-state index contributed by atoms with van der Waals surface area (Å²) in [6, 6.07) is 13.4. The molecule has 0 unspecified atom stereocenters. The first-order chi connectivity index (χ1) is 11.8. The second-order valence-corrected chi connectivity index (χ2v) is 6.20. The van der Waals surface area contributed by atoms with Crippen molar-refractivity contribution >= 4 is 23.4 Å². The van der Waals surface area contributed by atoms with E-state index in [0.29, 0.717) is 22.1 Å². The minimum Gasteiger partial charge on any atom is -0.496 e. The molecule has 2 aromatic carbocycles. The molecule has 25 heavy (non-hydrogen) atoms. The Morgan fingerprint density at radius 2 is 1.68 bits per heavy atom. The zero-order chi connectivity index (χ0) is 18.4. The Morgan fingerprint density at radius 3 is 2.32 bits per heavy atom. The molecular weight excluding hydrogens is 344 g/mol. The highest BCUT2D eigenvalue weighted by atomic mass is 35.5. The van der Waals surface area contributed by atoms with Gasteiger partial charge in [0.2, 0.25) is 5.78 Å². The molecule has 0 aliphatic rings. The number of Topliss-reactive ketones (excluding diaryl/α,β-unsaturated/α-hetero) is 1. The standard InChI is InChI=1S/C19H19ClO5/c1-19(2,25-14-10-8-13(20)9-11-14)18(22)24-12-16(21)15-6-4-5-7-17(15)23-3/h4-11H,12H2,1-3H3. The molecule has 0 saturated carbocycles. The lowest BCUT2D eigenvalue weighted by Gasteiger charge is -2.24. The lowest BCUT2D eigenvalue weighted by atomic mass is 10.1. The van der Waals surface area contributed by atoms with Gasteiger partial charge in [-0.25, -0.2) is 4.79 Å². The first-order valence-electron chi connectivity index (χ1n) is 7.61. The lowest BCUT2D eigenvalue weighted by Crippen LogP contribution is -2.40. The van der Waals surface area contributed by atoms with Gasteiger partial charge in [0.1, 0.15) is 11.5 Å². The number of ketones is 1. The number of benzene rings is 2. The minimum atomic E-state index is -1.26. The van der Waals surface area contributed by atoms with E-state index in [0.717, 1.165) is 0 Å². The van der Waals surface area contributed by atoms with E-state index in [1.807, 2.05) is 0 Å². The van der Waals surface area contributed by atoms with E-state index in [1.54, 1.807) is 62.4 Å². The van der Waals surface area contributed by atoms with Crippen LogP contribution in [0.4, 0.5) is 0 Å². The smallest absolute Gasteiger partial charge is 0.350 e. The maximum atomic E-state index is 12.3. The van der Waals surface area contributed by atoms with Crippen molar-refractivity contribution in [1.29, 1.82) is 0 Å². The van der Waals surface area contributed by atoms with Crippen LogP contribution in [0.25, 0.3) is 0 Å². The average Bonchev–Trinajstić information content (AvgIpc) is 2.61. The predicted octanol–water partition coefficient (Wildman–Crippen LogP) is 3.93. The first kappa shape index (κ1) is 18.8. The molecule has 0 bridgehead atoms. The summed E-state index contributed by atoms with van der Waals surface area (Å²) in [5.74, 6) is -0.0959. The Labute approximate surface area is 151 Å². The summed E-state index contributed by atoms with van der Waals surface area (Å²) < 4.78 is 15.9. The van der Waals surface area contributed by atoms with Crippen LogP contribution in [0.5, 0.6) is 11.5 Å². The molecule has 0 saturated heterocycles. The van der Waals surface area contributed by atoms with E-state index in [1.165, 1.54) is 7.11 Å². The molecule has 0 amide bonds. The monoisotopic (exact) mass is 362 g/mol. The van der Waals surface area contributed by atoms with Crippen molar-refractivity contribution in [2.24, 2.45) is 0 Å². The van der Waals surface area contributed by atoms with Gasteiger partial charge in [0, 0.05) is 5.02 Å². The molecule has 0 fully saturated rings. The lowest BCUT2D eigenvalue weighted by molar-refractivity contribution is -0.158. The molecule has 2 rings (SSSR count). The summed E-state index contributed by atoms with van der Waals surface area (Å²) in [6.07, 6.45) is 0. The van der Waals surface area contributed by atoms with Crippen LogP contribution in [0.15, 0.2) is 48.5 Å². The van der Waals surface area contributed by atoms with Crippen molar-refractivity contribution in [1.82, 2.24) is 0 Å². The molecule has 0 radical (unpaired) electrons. The number of hydrogen-bond acceptors (Lipinski definition) is 5. The number of para-hydroxylation sites is 1. The molecule has 5 nitrogen and oxygen atoms in total. The van der Waals surface area contributed by atoms with Gasteiger partial charge >= 0.3 is 5.97 Å². The fourth-order valence-electron chi connectivity index (χ4n) is 2.10. The second-order valence-electron chi connectivity index (χ2n) is 5.77. The van der Waals surface area contributed by atoms with Crippen LogP contribution in [-0.4, -0.2) is 31.1 Å². The van der Waals surface area contributed by atoms with Gasteiger partial charge in [0.25, 0.3) is 0 Å². The van der Waals surface area contributed by atoms with Crippen LogP contribution in [0.1, 0.15) is 24.2 Å². The van der Waals surface area contributed by atoms with Crippen LogP contribution in [-0.2, 0) is 9.53 Å². The SMILES string of the molecule is COc1ccccc1C(=O)COC(=O)C(C)(C)Oc1ccc(Cl)cc1. The van der Waals surface area contributed by atoms with Gasteiger partial charge in [0.05, 0.1) is 12.7 Å². The second kappa shape index (κ2) is 8.03. The van der Waals surface area contributed by atoms with Gasteiger partial charge in [-0.15, -0.1) is 0 Å². The number of halogens is 1. The van der Waals surface area contributed by atoms with Gasteiger partial charge in [0.15, 0.2) is 12.2 Å². The summed E-state index contributed by atoms with van der Waals surface area (Å²) in [4.78, 5) is 24.5. The maximum absolute atomic E-state index is 12.3. The third-order valence-corrected chi connectivity index (χ3v) is 3.67. The van der Waals surface area contributed by atoms with Crippen molar-refractivity contribution in [2.45, 2.75) is 19.4 Å². The van der Waals surface area contributed by atoms with Crippen molar-refractivity contribution in [3.8, 4) is 11.5 Å². The fourth-order valence-corrected chi connectivity index (χ4v) is 2.22. The van der Waals surface area contributed by atoms with Gasteiger partial charge in [-0.2, -0.15) is 0 Å². The zero-order valence-corrected chi connectivity index (χ0v) is 15.0. The largest absolute Gasteiger partial charge is 0.496 e. The number of hydrogen-bond donors (Lipinski definition) is 0. The summed E-state index contributed by atoms with van der Waals surface area (Å²) >= 11 is 5.82. The molecule has 0 N–H and O–H groups in total. The molecule has 0 aromatic heterocycles. The van der Waals surface area contributed by atoms with Crippen molar-refractivity contribution in [3.63, 3.8) is 0 Å². The Morgan fingerprint density at radius 1 is 1.04 bits per heavy atom. The highest BCUT2D eigenvalue weighted by Crippen LogP contribution is 2.22. The number of carbonyl (C=O) groups is 2. The van der Waals surface area contributed by atoms with Crippen molar-refractivity contribution in [2.75, 3.05) is 13.7 Å². The molecule has 2 aromatic rings. The maximum Gasteiger partial charge on any atom is 0.350 e. The number of methoxy groups -OCH3 is 1. The van der Waals surface area contributed by atoms with Crippen LogP contribution in [0.2, 0.25) is 5.02 Å². The third kappa shape index (κ3) is 4.97. The van der Waals surface area contributed by atoms with Crippen LogP contribution < -0.4 is 9.47 Å². The summed E-state index contributed by atoms with van der Waals surface area (Å²) in [6.45, 7) is 2.74. The molecule has 132 valence electrons. The van der Waals surface area contributed by atoms with Gasteiger partial charge in [-0.3, -0.25) is 4.79 Å². The molecule has 0 aliphatic carbocycles. The number of carbonyl (C=O) groups excluding carboxylic acids is 2. The predicted molar refractivity (Wildman–Crippen MR) is 94.4 cm³/mol. The van der Waals surface area contributed by atoms with E-state index >= 15 is 0 Å². The van der Waals surface area contributed by atoms with Gasteiger partial charge < -0.3 is 14.2 Å². The molecule has 0 atom stereocenters. The zero-order valence-electron chi connectivity index (χ0n) is 14.2. The van der Waals surface area contributed by atoms with Crippen molar-refractivity contribution in [3.05, 3.63) is 59.1 Å². The van der Waals surface area contributed by atoms with E-state index in [4.69, 9.17) is 25.8 Å². The summed E-state index contributed by atoms with van der Waals surface area (Å²) in [7, 11) is 1.47. The molecule has 0 aliphatic heterocycles. The Bertz CT molecular complexity index is 753. The number of esters is 1. The Kier molecular flexibility index (Phi) is 6.04. The first-order valence-corrected chi connectivity index (χ1v) is 7.99. The van der Waals surface area contributed by atoms with Crippen LogP contribution >= 0.6 is 11.6 Å². The quantitative estimate of drug-likeness (QED) is 0.551. The number of rotatable bonds is 7. The minimum absolute atomic E-state index is 0.354. The Balaban J connectivity index is 1.98. The molecule has 6 heteroatoms. The molecule has 0 spiro atoms. The van der Waals surface area contributed by atoms with E-state index in [9.17, 15) is 9.59 Å². The Hall–Kier alpha value is -2.53. The van der Waals surface area contributed by atoms with Crippen molar-refractivity contribution < 1.29 is 23.8 Å². The fraction of sp³-hybridized carbons (Fsp3) is 0.263. The molecular formula is C19H19ClO5. The van der Waals surface area contributed by atoms with Gasteiger partial charge in [-0.1, -0.05) is 23.7 Å². The molecule has 0 heterocycles. The third-order valence-electron chi connectivity index (χ3n) is 3.42. The highest BCUT2D eigenvalue weighted by molar-refractivity contribution is 6.30. The average molecular weight is 363 g/mol. The van der Waals surface area contributed by atoms with E-state index in [-0.39, 0.29) is 5.78 Å². The van der Waals surface area contributed by atoms with E-state index in [2.05, 4.69) is 0 Å². The summed E-state index contributed by atoms with van der Waals surface area (Å²) in [5.41, 5.74) is -0.899. The highest BCUT2D eigenvalue weighted by Gasteiger charge is 2.32. The van der Waals surface area contributed by atoms with E-state index < -0.39 is 18.2 Å². The van der Waals surface area contributed by atoms with Crippen LogP contribution in [0.3, 0.4) is 0 Å². The number of ether oxygens (including phenoxy) is 3. The summed E-state index contributed by atoms with van der Waals surface area (Å²) in [5, 5.41) is 0.565. The normalized spacial score (nSPS) is 10.9. The van der Waals surface area contributed by atoms with Crippen LogP contribution in [0, 0.1) is 0 Å². The topological polar surface area (TPSA) is 61.8 Å². The van der Waals surface area contributed by atoms with Gasteiger partial charge in [-0.05, 0) is 50.2 Å².